The van der Waals surface area contributed by atoms with Crippen molar-refractivity contribution in [1.82, 2.24) is 0 Å². The van der Waals surface area contributed by atoms with Gasteiger partial charge in [0.1, 0.15) is 5.82 Å². The van der Waals surface area contributed by atoms with Crippen molar-refractivity contribution in [3.8, 4) is 0 Å². The van der Waals surface area contributed by atoms with Gasteiger partial charge in [0.15, 0.2) is 0 Å². The normalized spacial score (nSPS) is 19.4. The van der Waals surface area contributed by atoms with Crippen molar-refractivity contribution < 1.29 is 13.2 Å². The van der Waals surface area contributed by atoms with Gasteiger partial charge in [0.05, 0.1) is 0 Å². The van der Waals surface area contributed by atoms with Gasteiger partial charge in [-0.3, -0.25) is 0 Å². The third kappa shape index (κ3) is 6.35. The van der Waals surface area contributed by atoms with Crippen LogP contribution in [-0.4, -0.2) is 6.43 Å². The molecule has 0 aliphatic heterocycles. The summed E-state index contributed by atoms with van der Waals surface area (Å²) in [4.78, 5) is 0. The minimum atomic E-state index is -2.21. The van der Waals surface area contributed by atoms with Crippen LogP contribution < -0.4 is 0 Å². The maximum Gasteiger partial charge on any atom is 0.238 e. The first-order chi connectivity index (χ1) is 14.5. The van der Waals surface area contributed by atoms with E-state index in [2.05, 4.69) is 43.3 Å². The van der Waals surface area contributed by atoms with Gasteiger partial charge >= 0.3 is 0 Å². The highest BCUT2D eigenvalue weighted by molar-refractivity contribution is 5.71. The SMILES string of the molecule is CCCC/C=C(\C/C=C(/C)c1cccc(F)c1)c1ccc(C2CC2CC(F)F)cc1. The first-order valence-electron chi connectivity index (χ1n) is 11.0. The summed E-state index contributed by atoms with van der Waals surface area (Å²) in [7, 11) is 0. The van der Waals surface area contributed by atoms with Crippen molar-refractivity contribution >= 4 is 11.1 Å². The van der Waals surface area contributed by atoms with Gasteiger partial charge in [0.25, 0.3) is 0 Å². The van der Waals surface area contributed by atoms with E-state index in [1.54, 1.807) is 12.1 Å². The quantitative estimate of drug-likeness (QED) is 0.343. The molecule has 1 aliphatic carbocycles. The molecule has 0 amide bonds. The molecule has 2 aromatic rings. The summed E-state index contributed by atoms with van der Waals surface area (Å²) >= 11 is 0. The zero-order valence-electron chi connectivity index (χ0n) is 17.9. The smallest absolute Gasteiger partial charge is 0.211 e. The maximum atomic E-state index is 13.5. The lowest BCUT2D eigenvalue weighted by molar-refractivity contribution is 0.129. The van der Waals surface area contributed by atoms with Gasteiger partial charge in [-0.1, -0.05) is 68.3 Å². The van der Waals surface area contributed by atoms with Crippen molar-refractivity contribution in [2.24, 2.45) is 5.92 Å². The van der Waals surface area contributed by atoms with Gasteiger partial charge in [0, 0.05) is 6.42 Å². The largest absolute Gasteiger partial charge is 0.238 e. The van der Waals surface area contributed by atoms with Crippen LogP contribution in [0.25, 0.3) is 11.1 Å². The van der Waals surface area contributed by atoms with E-state index in [1.807, 2.05) is 13.0 Å². The molecule has 0 radical (unpaired) electrons. The highest BCUT2D eigenvalue weighted by Gasteiger charge is 2.39. The molecule has 30 heavy (non-hydrogen) atoms. The van der Waals surface area contributed by atoms with E-state index in [4.69, 9.17) is 0 Å². The van der Waals surface area contributed by atoms with Crippen LogP contribution in [0.15, 0.2) is 60.7 Å². The van der Waals surface area contributed by atoms with E-state index >= 15 is 0 Å². The molecule has 2 aromatic carbocycles. The van der Waals surface area contributed by atoms with Crippen molar-refractivity contribution in [3.05, 3.63) is 83.2 Å². The molecule has 0 saturated heterocycles. The first-order valence-corrected chi connectivity index (χ1v) is 11.0. The summed E-state index contributed by atoms with van der Waals surface area (Å²) < 4.78 is 38.7. The van der Waals surface area contributed by atoms with E-state index in [9.17, 15) is 13.2 Å². The van der Waals surface area contributed by atoms with Crippen LogP contribution >= 0.6 is 0 Å². The van der Waals surface area contributed by atoms with Crippen LogP contribution in [0.3, 0.4) is 0 Å². The van der Waals surface area contributed by atoms with E-state index in [0.29, 0.717) is 0 Å². The van der Waals surface area contributed by atoms with E-state index in [-0.39, 0.29) is 24.1 Å². The van der Waals surface area contributed by atoms with Crippen LogP contribution in [0.5, 0.6) is 0 Å². The summed E-state index contributed by atoms with van der Waals surface area (Å²) in [5, 5.41) is 0. The average Bonchev–Trinajstić information content (AvgIpc) is 3.49. The molecule has 0 N–H and O–H groups in total. The standard InChI is InChI=1S/C27H31F3/c1-3-4-5-7-20(11-10-19(2)23-8-6-9-25(28)16-23)21-12-14-22(15-13-21)26-17-24(26)18-27(29)30/h6-10,12-16,24,26-27H,3-5,11,17-18H2,1-2H3/b19-10-,20-7+. The van der Waals surface area contributed by atoms with E-state index < -0.39 is 6.43 Å². The molecular weight excluding hydrogens is 381 g/mol. The predicted octanol–water partition coefficient (Wildman–Crippen LogP) is 8.65. The Labute approximate surface area is 178 Å². The van der Waals surface area contributed by atoms with Gasteiger partial charge in [-0.05, 0) is 78.0 Å². The summed E-state index contributed by atoms with van der Waals surface area (Å²) in [5.41, 5.74) is 5.55. The summed E-state index contributed by atoms with van der Waals surface area (Å²) in [6, 6.07) is 15.1. The van der Waals surface area contributed by atoms with Crippen LogP contribution in [0.1, 0.15) is 75.0 Å². The van der Waals surface area contributed by atoms with E-state index in [0.717, 1.165) is 43.2 Å². The molecule has 1 fully saturated rings. The predicted molar refractivity (Wildman–Crippen MR) is 120 cm³/mol. The molecule has 3 heteroatoms. The zero-order chi connectivity index (χ0) is 21.5. The minimum absolute atomic E-state index is 0.0126. The highest BCUT2D eigenvalue weighted by Crippen LogP contribution is 2.50. The van der Waals surface area contributed by atoms with Crippen LogP contribution in [-0.2, 0) is 0 Å². The van der Waals surface area contributed by atoms with Gasteiger partial charge in [-0.2, -0.15) is 0 Å². The second-order valence-electron chi connectivity index (χ2n) is 8.32. The van der Waals surface area contributed by atoms with Gasteiger partial charge in [-0.25, -0.2) is 13.2 Å². The lowest BCUT2D eigenvalue weighted by Gasteiger charge is -2.09. The number of unbranched alkanes of at least 4 members (excludes halogenated alkanes) is 2. The molecule has 0 nitrogen and oxygen atoms in total. The van der Waals surface area contributed by atoms with Crippen LogP contribution in [0.4, 0.5) is 13.2 Å². The molecule has 3 rings (SSSR count). The van der Waals surface area contributed by atoms with Crippen molar-refractivity contribution in [2.45, 2.75) is 64.7 Å². The first kappa shape index (κ1) is 22.4. The molecule has 160 valence electrons. The monoisotopic (exact) mass is 412 g/mol. The molecule has 0 spiro atoms. The van der Waals surface area contributed by atoms with Crippen LogP contribution in [0, 0.1) is 11.7 Å². The number of rotatable bonds is 10. The second-order valence-corrected chi connectivity index (χ2v) is 8.32. The topological polar surface area (TPSA) is 0 Å². The minimum Gasteiger partial charge on any atom is -0.211 e. The average molecular weight is 413 g/mol. The maximum absolute atomic E-state index is 13.5. The van der Waals surface area contributed by atoms with Gasteiger partial charge < -0.3 is 0 Å². The lowest BCUT2D eigenvalue weighted by atomic mass is 9.96. The van der Waals surface area contributed by atoms with Gasteiger partial charge in [0.2, 0.25) is 6.43 Å². The van der Waals surface area contributed by atoms with Crippen molar-refractivity contribution in [1.29, 1.82) is 0 Å². The zero-order valence-corrected chi connectivity index (χ0v) is 17.9. The fourth-order valence-electron chi connectivity index (χ4n) is 4.00. The van der Waals surface area contributed by atoms with Crippen molar-refractivity contribution in [2.75, 3.05) is 0 Å². The lowest BCUT2D eigenvalue weighted by Crippen LogP contribution is -1.93. The molecular formula is C27H31F3. The number of halogens is 3. The molecule has 1 aliphatic rings. The summed E-state index contributed by atoms with van der Waals surface area (Å²) in [6.07, 6.45) is 7.23. The summed E-state index contributed by atoms with van der Waals surface area (Å²) in [5.74, 6) is 0.197. The van der Waals surface area contributed by atoms with E-state index in [1.165, 1.54) is 22.8 Å². The third-order valence-corrected chi connectivity index (χ3v) is 5.97. The second kappa shape index (κ2) is 10.7. The molecule has 0 bridgehead atoms. The van der Waals surface area contributed by atoms with Gasteiger partial charge in [-0.15, -0.1) is 0 Å². The molecule has 0 heterocycles. The number of hydrogen-bond donors (Lipinski definition) is 0. The Morgan fingerprint density at radius 3 is 2.50 bits per heavy atom. The van der Waals surface area contributed by atoms with Crippen LogP contribution in [0.2, 0.25) is 0 Å². The summed E-state index contributed by atoms with van der Waals surface area (Å²) in [6.45, 7) is 4.19. The molecule has 2 atom stereocenters. The number of alkyl halides is 2. The molecule has 0 aromatic heterocycles. The number of hydrogen-bond acceptors (Lipinski definition) is 0. The number of allylic oxidation sites excluding steroid dienone is 4. The third-order valence-electron chi connectivity index (χ3n) is 5.97. The Kier molecular flexibility index (Phi) is 7.95. The fourth-order valence-corrected chi connectivity index (χ4v) is 4.00. The van der Waals surface area contributed by atoms with Crippen molar-refractivity contribution in [3.63, 3.8) is 0 Å². The highest BCUT2D eigenvalue weighted by atomic mass is 19.3. The Balaban J connectivity index is 1.72. The Morgan fingerprint density at radius 2 is 1.83 bits per heavy atom. The Hall–Kier alpha value is -2.29. The molecule has 1 saturated carbocycles. The molecule has 2 unspecified atom stereocenters. The Bertz CT molecular complexity index is 877. The Morgan fingerprint density at radius 1 is 1.07 bits per heavy atom. The fraction of sp³-hybridized carbons (Fsp3) is 0.407. The number of benzene rings is 2.